The minimum atomic E-state index is -4.40. The van der Waals surface area contributed by atoms with Crippen molar-refractivity contribution in [1.82, 2.24) is 0 Å². The largest absolute Gasteiger partial charge is 0.416 e. The van der Waals surface area contributed by atoms with Gasteiger partial charge in [-0.05, 0) is 30.3 Å². The van der Waals surface area contributed by atoms with Gasteiger partial charge in [-0.2, -0.15) is 13.2 Å². The van der Waals surface area contributed by atoms with Crippen LogP contribution < -0.4 is 5.32 Å². The Bertz CT molecular complexity index is 639. The van der Waals surface area contributed by atoms with Crippen LogP contribution in [0.15, 0.2) is 40.9 Å². The summed E-state index contributed by atoms with van der Waals surface area (Å²) < 4.78 is 38.6. The summed E-state index contributed by atoms with van der Waals surface area (Å²) in [6, 6.07) is 8.66. The number of halogens is 6. The Hall–Kier alpha value is -0.910. The summed E-state index contributed by atoms with van der Waals surface area (Å²) in [5, 5.41) is 3.82. The molecule has 0 aromatic heterocycles. The van der Waals surface area contributed by atoms with E-state index in [0.717, 1.165) is 12.1 Å². The Labute approximate surface area is 138 Å². The van der Waals surface area contributed by atoms with Crippen LogP contribution in [0.25, 0.3) is 0 Å². The van der Waals surface area contributed by atoms with Crippen molar-refractivity contribution in [2.45, 2.75) is 12.7 Å². The van der Waals surface area contributed by atoms with Crippen molar-refractivity contribution in [3.8, 4) is 0 Å². The Morgan fingerprint density at radius 3 is 2.24 bits per heavy atom. The predicted molar refractivity (Wildman–Crippen MR) is 82.9 cm³/mol. The van der Waals surface area contributed by atoms with E-state index in [1.165, 1.54) is 0 Å². The summed E-state index contributed by atoms with van der Waals surface area (Å²) in [6.07, 6.45) is -4.40. The predicted octanol–water partition coefficient (Wildman–Crippen LogP) is 6.39. The first-order chi connectivity index (χ1) is 9.77. The highest BCUT2D eigenvalue weighted by molar-refractivity contribution is 9.10. The lowest BCUT2D eigenvalue weighted by Crippen LogP contribution is -2.07. The molecule has 0 spiro atoms. The third-order valence-corrected chi connectivity index (χ3v) is 3.92. The number of nitrogens with one attached hydrogen (secondary N) is 1. The lowest BCUT2D eigenvalue weighted by atomic mass is 10.1. The van der Waals surface area contributed by atoms with Gasteiger partial charge in [-0.15, -0.1) is 0 Å². The van der Waals surface area contributed by atoms with Gasteiger partial charge in [-0.1, -0.05) is 45.2 Å². The highest BCUT2D eigenvalue weighted by Gasteiger charge is 2.31. The molecule has 1 nitrogen and oxygen atoms in total. The zero-order chi connectivity index (χ0) is 15.6. The van der Waals surface area contributed by atoms with Crippen molar-refractivity contribution >= 4 is 44.8 Å². The molecule has 0 heterocycles. The van der Waals surface area contributed by atoms with Gasteiger partial charge in [0, 0.05) is 32.3 Å². The first-order valence-electron chi connectivity index (χ1n) is 5.82. The van der Waals surface area contributed by atoms with Crippen LogP contribution >= 0.6 is 39.1 Å². The molecule has 7 heteroatoms. The monoisotopic (exact) mass is 397 g/mol. The van der Waals surface area contributed by atoms with Crippen LogP contribution in [0.1, 0.15) is 11.1 Å². The van der Waals surface area contributed by atoms with E-state index in [1.54, 1.807) is 24.3 Å². The normalized spacial score (nSPS) is 11.5. The first kappa shape index (κ1) is 16.5. The van der Waals surface area contributed by atoms with Crippen LogP contribution in [-0.4, -0.2) is 0 Å². The molecule has 0 unspecified atom stereocenters. The van der Waals surface area contributed by atoms with E-state index >= 15 is 0 Å². The van der Waals surface area contributed by atoms with Gasteiger partial charge in [0.05, 0.1) is 5.56 Å². The molecule has 0 atom stereocenters. The summed E-state index contributed by atoms with van der Waals surface area (Å²) in [4.78, 5) is 0. The molecule has 1 N–H and O–H groups in total. The molecule has 0 aliphatic rings. The third-order valence-electron chi connectivity index (χ3n) is 2.76. The second kappa shape index (κ2) is 6.46. The second-order valence-corrected chi connectivity index (χ2v) is 6.01. The summed E-state index contributed by atoms with van der Waals surface area (Å²) in [7, 11) is 0. The summed E-state index contributed by atoms with van der Waals surface area (Å²) >= 11 is 15.1. The van der Waals surface area contributed by atoms with Crippen LogP contribution in [0.3, 0.4) is 0 Å². The lowest BCUT2D eigenvalue weighted by molar-refractivity contribution is -0.137. The molecule has 2 rings (SSSR count). The van der Waals surface area contributed by atoms with E-state index in [-0.39, 0.29) is 6.54 Å². The Morgan fingerprint density at radius 1 is 1.05 bits per heavy atom. The number of rotatable bonds is 3. The summed E-state index contributed by atoms with van der Waals surface area (Å²) in [6.45, 7) is 0.228. The topological polar surface area (TPSA) is 12.0 Å². The van der Waals surface area contributed by atoms with Gasteiger partial charge in [-0.3, -0.25) is 0 Å². The second-order valence-electron chi connectivity index (χ2n) is 4.28. The van der Waals surface area contributed by atoms with Crippen molar-refractivity contribution in [3.63, 3.8) is 0 Å². The molecule has 21 heavy (non-hydrogen) atoms. The van der Waals surface area contributed by atoms with Gasteiger partial charge in [0.2, 0.25) is 0 Å². The maximum atomic E-state index is 12.7. The van der Waals surface area contributed by atoms with Crippen molar-refractivity contribution in [3.05, 3.63) is 62.0 Å². The molecule has 0 aliphatic carbocycles. The minimum Gasteiger partial charge on any atom is -0.381 e. The van der Waals surface area contributed by atoms with Gasteiger partial charge in [0.1, 0.15) is 0 Å². The van der Waals surface area contributed by atoms with Crippen molar-refractivity contribution < 1.29 is 13.2 Å². The summed E-state index contributed by atoms with van der Waals surface area (Å²) in [5.74, 6) is 0. The fourth-order valence-corrected chi connectivity index (χ4v) is 2.77. The van der Waals surface area contributed by atoms with Crippen molar-refractivity contribution in [2.75, 3.05) is 5.32 Å². The maximum Gasteiger partial charge on any atom is 0.416 e. The molecule has 0 bridgehead atoms. The molecule has 0 amide bonds. The van der Waals surface area contributed by atoms with Gasteiger partial charge in [0.25, 0.3) is 0 Å². The van der Waals surface area contributed by atoms with Crippen LogP contribution in [0.5, 0.6) is 0 Å². The number of hydrogen-bond donors (Lipinski definition) is 1. The fourth-order valence-electron chi connectivity index (χ4n) is 1.75. The number of benzene rings is 2. The molecule has 0 saturated heterocycles. The molecule has 0 aliphatic heterocycles. The lowest BCUT2D eigenvalue weighted by Gasteiger charge is -2.13. The van der Waals surface area contributed by atoms with Crippen molar-refractivity contribution in [2.24, 2.45) is 0 Å². The van der Waals surface area contributed by atoms with Crippen LogP contribution in [0, 0.1) is 0 Å². The third kappa shape index (κ3) is 4.28. The Morgan fingerprint density at radius 2 is 1.67 bits per heavy atom. The SMILES string of the molecule is FC(F)(F)c1cc(Br)cc(NCc2c(Cl)cccc2Cl)c1. The Kier molecular flexibility index (Phi) is 5.07. The average molecular weight is 399 g/mol. The first-order valence-corrected chi connectivity index (χ1v) is 7.37. The van der Waals surface area contributed by atoms with E-state index in [4.69, 9.17) is 23.2 Å². The number of anilines is 1. The Balaban J connectivity index is 2.23. The molecule has 2 aromatic rings. The van der Waals surface area contributed by atoms with Crippen molar-refractivity contribution in [1.29, 1.82) is 0 Å². The fraction of sp³-hybridized carbons (Fsp3) is 0.143. The quantitative estimate of drug-likeness (QED) is 0.631. The van der Waals surface area contributed by atoms with Gasteiger partial charge in [0.15, 0.2) is 0 Å². The maximum absolute atomic E-state index is 12.7. The zero-order valence-corrected chi connectivity index (χ0v) is 13.5. The molecular weight excluding hydrogens is 390 g/mol. The van der Waals surface area contributed by atoms with Gasteiger partial charge in [-0.25, -0.2) is 0 Å². The summed E-state index contributed by atoms with van der Waals surface area (Å²) in [5.41, 5.74) is 0.228. The zero-order valence-electron chi connectivity index (χ0n) is 10.4. The van der Waals surface area contributed by atoms with E-state index in [1.807, 2.05) is 0 Å². The van der Waals surface area contributed by atoms with E-state index in [2.05, 4.69) is 21.2 Å². The van der Waals surface area contributed by atoms with E-state index < -0.39 is 11.7 Å². The van der Waals surface area contributed by atoms with E-state index in [9.17, 15) is 13.2 Å². The minimum absolute atomic E-state index is 0.228. The average Bonchev–Trinajstić information content (AvgIpc) is 2.36. The van der Waals surface area contributed by atoms with Crippen LogP contribution in [0.2, 0.25) is 10.0 Å². The number of alkyl halides is 3. The highest BCUT2D eigenvalue weighted by Crippen LogP contribution is 2.34. The van der Waals surface area contributed by atoms with Gasteiger partial charge < -0.3 is 5.32 Å². The van der Waals surface area contributed by atoms with Crippen LogP contribution in [-0.2, 0) is 12.7 Å². The molecule has 112 valence electrons. The molecule has 0 fully saturated rings. The smallest absolute Gasteiger partial charge is 0.381 e. The molecule has 0 radical (unpaired) electrons. The van der Waals surface area contributed by atoms with E-state index in [0.29, 0.717) is 25.8 Å². The van der Waals surface area contributed by atoms with Gasteiger partial charge >= 0.3 is 6.18 Å². The molecule has 0 saturated carbocycles. The molecular formula is C14H9BrCl2F3N. The highest BCUT2D eigenvalue weighted by atomic mass is 79.9. The van der Waals surface area contributed by atoms with Crippen LogP contribution in [0.4, 0.5) is 18.9 Å². The molecule has 2 aromatic carbocycles. The standard InChI is InChI=1S/C14H9BrCl2F3N/c15-9-4-8(14(18,19)20)5-10(6-9)21-7-11-12(16)2-1-3-13(11)17/h1-6,21H,7H2. The number of hydrogen-bond acceptors (Lipinski definition) is 1.